The maximum atomic E-state index is 11.6. The first-order valence-corrected chi connectivity index (χ1v) is 6.95. The molecule has 0 radical (unpaired) electrons. The van der Waals surface area contributed by atoms with E-state index in [1.54, 1.807) is 18.3 Å². The minimum absolute atomic E-state index is 0.0956. The highest BCUT2D eigenvalue weighted by molar-refractivity contribution is 7.92. The minimum Gasteiger partial charge on any atom is -0.313 e. The molecular weight excluding hydrogens is 226 g/mol. The van der Waals surface area contributed by atoms with Crippen molar-refractivity contribution >= 4 is 15.7 Å². The molecule has 1 saturated carbocycles. The molecule has 1 heterocycles. The average Bonchev–Trinajstić information content (AvgIpc) is 3.02. The van der Waals surface area contributed by atoms with Gasteiger partial charge in [0.15, 0.2) is 0 Å². The van der Waals surface area contributed by atoms with Gasteiger partial charge in [-0.3, -0.25) is 9.71 Å². The van der Waals surface area contributed by atoms with Gasteiger partial charge in [-0.05, 0) is 25.0 Å². The van der Waals surface area contributed by atoms with Crippen LogP contribution in [0.1, 0.15) is 12.8 Å². The summed E-state index contributed by atoms with van der Waals surface area (Å²) in [7, 11) is -3.26. The van der Waals surface area contributed by atoms with Gasteiger partial charge in [0, 0.05) is 18.8 Å². The predicted molar refractivity (Wildman–Crippen MR) is 62.7 cm³/mol. The quantitative estimate of drug-likeness (QED) is 0.764. The molecule has 1 aliphatic carbocycles. The summed E-state index contributed by atoms with van der Waals surface area (Å²) in [6, 6.07) is 3.91. The van der Waals surface area contributed by atoms with Gasteiger partial charge in [-0.1, -0.05) is 0 Å². The maximum Gasteiger partial charge on any atom is 0.234 e. The maximum absolute atomic E-state index is 11.6. The van der Waals surface area contributed by atoms with E-state index in [-0.39, 0.29) is 5.75 Å². The number of nitrogens with one attached hydrogen (secondary N) is 2. The van der Waals surface area contributed by atoms with Crippen molar-refractivity contribution in [3.63, 3.8) is 0 Å². The summed E-state index contributed by atoms with van der Waals surface area (Å²) in [6.45, 7) is 0.500. The molecule has 0 amide bonds. The zero-order valence-electron chi connectivity index (χ0n) is 8.89. The van der Waals surface area contributed by atoms with E-state index >= 15 is 0 Å². The molecule has 0 unspecified atom stereocenters. The lowest BCUT2D eigenvalue weighted by molar-refractivity contribution is 0.595. The highest BCUT2D eigenvalue weighted by Gasteiger charge is 2.21. The molecule has 0 aliphatic heterocycles. The van der Waals surface area contributed by atoms with Gasteiger partial charge in [-0.15, -0.1) is 0 Å². The van der Waals surface area contributed by atoms with Gasteiger partial charge in [-0.25, -0.2) is 8.42 Å². The largest absolute Gasteiger partial charge is 0.313 e. The lowest BCUT2D eigenvalue weighted by atomic mass is 10.4. The molecule has 0 saturated heterocycles. The molecule has 16 heavy (non-hydrogen) atoms. The molecule has 0 atom stereocenters. The lowest BCUT2D eigenvalue weighted by Gasteiger charge is -2.07. The molecule has 1 aliphatic rings. The third-order valence-electron chi connectivity index (χ3n) is 2.32. The number of anilines is 1. The van der Waals surface area contributed by atoms with Gasteiger partial charge in [-0.2, -0.15) is 0 Å². The van der Waals surface area contributed by atoms with Gasteiger partial charge >= 0.3 is 0 Å². The Bertz CT molecular complexity index is 429. The number of hydrogen-bond donors (Lipinski definition) is 2. The normalized spacial score (nSPS) is 16.0. The Morgan fingerprint density at radius 1 is 1.44 bits per heavy atom. The highest BCUT2D eigenvalue weighted by Crippen LogP contribution is 2.18. The van der Waals surface area contributed by atoms with Crippen LogP contribution in [0.4, 0.5) is 5.69 Å². The first-order chi connectivity index (χ1) is 7.66. The summed E-state index contributed by atoms with van der Waals surface area (Å²) >= 11 is 0. The number of aromatic nitrogens is 1. The van der Waals surface area contributed by atoms with Gasteiger partial charge in [0.1, 0.15) is 0 Å². The van der Waals surface area contributed by atoms with Crippen LogP contribution in [0.2, 0.25) is 0 Å². The summed E-state index contributed by atoms with van der Waals surface area (Å²) in [5, 5.41) is 3.16. The van der Waals surface area contributed by atoms with Crippen molar-refractivity contribution in [3.05, 3.63) is 24.5 Å². The molecule has 5 nitrogen and oxygen atoms in total. The van der Waals surface area contributed by atoms with E-state index < -0.39 is 10.0 Å². The molecule has 2 N–H and O–H groups in total. The fraction of sp³-hybridized carbons (Fsp3) is 0.500. The Hall–Kier alpha value is -1.14. The topological polar surface area (TPSA) is 71.1 Å². The zero-order chi connectivity index (χ0) is 11.4. The molecule has 1 aromatic rings. The van der Waals surface area contributed by atoms with E-state index in [4.69, 9.17) is 0 Å². The second-order valence-electron chi connectivity index (χ2n) is 3.89. The monoisotopic (exact) mass is 241 g/mol. The Balaban J connectivity index is 1.82. The Labute approximate surface area is 95.3 Å². The molecule has 0 bridgehead atoms. The van der Waals surface area contributed by atoms with Crippen molar-refractivity contribution in [3.8, 4) is 0 Å². The Morgan fingerprint density at radius 2 is 2.25 bits per heavy atom. The molecule has 0 spiro atoms. The van der Waals surface area contributed by atoms with Crippen LogP contribution >= 0.6 is 0 Å². The van der Waals surface area contributed by atoms with Crippen molar-refractivity contribution < 1.29 is 8.42 Å². The second kappa shape index (κ2) is 4.80. The molecule has 2 rings (SSSR count). The van der Waals surface area contributed by atoms with Crippen LogP contribution < -0.4 is 10.0 Å². The van der Waals surface area contributed by atoms with E-state index in [9.17, 15) is 8.42 Å². The van der Waals surface area contributed by atoms with Crippen molar-refractivity contribution in [2.45, 2.75) is 18.9 Å². The first kappa shape index (κ1) is 11.3. The number of hydrogen-bond acceptors (Lipinski definition) is 4. The van der Waals surface area contributed by atoms with Crippen molar-refractivity contribution in [1.82, 2.24) is 10.3 Å². The SMILES string of the molecule is O=S(=O)(CCNC1CC1)Nc1cccnc1. The van der Waals surface area contributed by atoms with Crippen LogP contribution in [0.15, 0.2) is 24.5 Å². The smallest absolute Gasteiger partial charge is 0.234 e. The Kier molecular flexibility index (Phi) is 3.40. The second-order valence-corrected chi connectivity index (χ2v) is 5.73. The zero-order valence-corrected chi connectivity index (χ0v) is 9.70. The van der Waals surface area contributed by atoms with Gasteiger partial charge in [0.25, 0.3) is 0 Å². The Morgan fingerprint density at radius 3 is 2.88 bits per heavy atom. The third-order valence-corrected chi connectivity index (χ3v) is 3.60. The van der Waals surface area contributed by atoms with Gasteiger partial charge in [0.2, 0.25) is 10.0 Å². The van der Waals surface area contributed by atoms with Crippen LogP contribution in [0.25, 0.3) is 0 Å². The summed E-state index contributed by atoms with van der Waals surface area (Å²) in [5.41, 5.74) is 0.508. The summed E-state index contributed by atoms with van der Waals surface area (Å²) in [5.74, 6) is 0.0956. The van der Waals surface area contributed by atoms with E-state index in [1.165, 1.54) is 6.20 Å². The fourth-order valence-corrected chi connectivity index (χ4v) is 2.31. The minimum atomic E-state index is -3.26. The van der Waals surface area contributed by atoms with Gasteiger partial charge < -0.3 is 5.32 Å². The van der Waals surface area contributed by atoms with Crippen LogP contribution in [0.5, 0.6) is 0 Å². The molecule has 1 fully saturated rings. The van der Waals surface area contributed by atoms with E-state index in [0.717, 1.165) is 12.8 Å². The number of sulfonamides is 1. The molecule has 6 heteroatoms. The van der Waals surface area contributed by atoms with Crippen LogP contribution in [0, 0.1) is 0 Å². The first-order valence-electron chi connectivity index (χ1n) is 5.30. The average molecular weight is 241 g/mol. The molecular formula is C10H15N3O2S. The summed E-state index contributed by atoms with van der Waals surface area (Å²) in [6.07, 6.45) is 5.42. The highest BCUT2D eigenvalue weighted by atomic mass is 32.2. The van der Waals surface area contributed by atoms with E-state index in [1.807, 2.05) is 0 Å². The van der Waals surface area contributed by atoms with Gasteiger partial charge in [0.05, 0.1) is 17.6 Å². The molecule has 1 aromatic heterocycles. The third kappa shape index (κ3) is 3.79. The molecule has 88 valence electrons. The van der Waals surface area contributed by atoms with Crippen LogP contribution in [-0.2, 0) is 10.0 Å². The van der Waals surface area contributed by atoms with E-state index in [2.05, 4.69) is 15.0 Å². The number of pyridine rings is 1. The summed E-state index contributed by atoms with van der Waals surface area (Å²) < 4.78 is 25.7. The predicted octanol–water partition coefficient (Wildman–Crippen LogP) is 0.575. The standard InChI is InChI=1S/C10H15N3O2S/c14-16(15,7-6-12-9-3-4-9)13-10-2-1-5-11-8-10/h1-2,5,8-9,12-13H,3-4,6-7H2. The van der Waals surface area contributed by atoms with Crippen molar-refractivity contribution in [2.75, 3.05) is 17.0 Å². The van der Waals surface area contributed by atoms with Crippen molar-refractivity contribution in [1.29, 1.82) is 0 Å². The van der Waals surface area contributed by atoms with Crippen molar-refractivity contribution in [2.24, 2.45) is 0 Å². The van der Waals surface area contributed by atoms with Crippen LogP contribution in [0.3, 0.4) is 0 Å². The molecule has 0 aromatic carbocycles. The number of rotatable bonds is 6. The van der Waals surface area contributed by atoms with Crippen LogP contribution in [-0.4, -0.2) is 31.7 Å². The summed E-state index contributed by atoms with van der Waals surface area (Å²) in [4.78, 5) is 3.84. The number of nitrogens with zero attached hydrogens (tertiary/aromatic N) is 1. The fourth-order valence-electron chi connectivity index (χ4n) is 1.34. The van der Waals surface area contributed by atoms with E-state index in [0.29, 0.717) is 18.3 Å². The lowest BCUT2D eigenvalue weighted by Crippen LogP contribution is -2.28.